The molecule has 1 atom stereocenters. The first-order chi connectivity index (χ1) is 9.31. The van der Waals surface area contributed by atoms with Crippen LogP contribution >= 0.6 is 12.2 Å². The summed E-state index contributed by atoms with van der Waals surface area (Å²) in [6.45, 7) is 1.80. The van der Waals surface area contributed by atoms with E-state index in [9.17, 15) is 12.8 Å². The summed E-state index contributed by atoms with van der Waals surface area (Å²) in [6.07, 6.45) is 3.07. The molecule has 110 valence electrons. The molecule has 0 bridgehead atoms. The topological polar surface area (TPSA) is 72.2 Å². The molecule has 0 amide bonds. The molecular weight excluding hydrogens is 299 g/mol. The fourth-order valence-corrected chi connectivity index (χ4v) is 3.96. The predicted molar refractivity (Wildman–Crippen MR) is 79.4 cm³/mol. The zero-order valence-electron chi connectivity index (χ0n) is 11.1. The second-order valence-electron chi connectivity index (χ2n) is 5.18. The van der Waals surface area contributed by atoms with Gasteiger partial charge >= 0.3 is 0 Å². The molecule has 0 aliphatic heterocycles. The largest absolute Gasteiger partial charge is 0.389 e. The van der Waals surface area contributed by atoms with E-state index in [0.29, 0.717) is 5.92 Å². The Balaban J connectivity index is 2.28. The number of hydrogen-bond acceptors (Lipinski definition) is 3. The number of hydrogen-bond donors (Lipinski definition) is 2. The van der Waals surface area contributed by atoms with Gasteiger partial charge < -0.3 is 5.73 Å². The van der Waals surface area contributed by atoms with Crippen molar-refractivity contribution in [3.63, 3.8) is 0 Å². The number of halogens is 1. The van der Waals surface area contributed by atoms with Crippen LogP contribution in [0.5, 0.6) is 0 Å². The average Bonchev–Trinajstić information content (AvgIpc) is 3.11. The second-order valence-corrected chi connectivity index (χ2v) is 7.30. The molecule has 7 heteroatoms. The minimum absolute atomic E-state index is 0.199. The Morgan fingerprint density at radius 3 is 2.75 bits per heavy atom. The lowest BCUT2D eigenvalue weighted by atomic mass is 10.2. The molecule has 3 N–H and O–H groups in total. The van der Waals surface area contributed by atoms with Gasteiger partial charge in [0.15, 0.2) is 0 Å². The molecule has 1 unspecified atom stereocenters. The maximum absolute atomic E-state index is 13.7. The van der Waals surface area contributed by atoms with Gasteiger partial charge in [-0.1, -0.05) is 31.1 Å². The Bertz CT molecular complexity index is 627. The lowest BCUT2D eigenvalue weighted by Crippen LogP contribution is -2.34. The van der Waals surface area contributed by atoms with Crippen LogP contribution in [0, 0.1) is 11.7 Å². The molecule has 0 radical (unpaired) electrons. The SMILES string of the molecule is CC(CC1CC1)NS(=O)(=O)c1cccc(F)c1C(N)=S. The molecule has 1 saturated carbocycles. The molecule has 1 aliphatic rings. The van der Waals surface area contributed by atoms with Crippen LogP contribution < -0.4 is 10.5 Å². The van der Waals surface area contributed by atoms with Crippen LogP contribution in [0.15, 0.2) is 23.1 Å². The number of nitrogens with two attached hydrogens (primary N) is 1. The first-order valence-corrected chi connectivity index (χ1v) is 8.31. The first kappa shape index (κ1) is 15.3. The summed E-state index contributed by atoms with van der Waals surface area (Å²) in [5, 5.41) is 0. The van der Waals surface area contributed by atoms with Gasteiger partial charge in [-0.25, -0.2) is 17.5 Å². The Hall–Kier alpha value is -1.05. The summed E-state index contributed by atoms with van der Waals surface area (Å²) in [7, 11) is -3.83. The van der Waals surface area contributed by atoms with Crippen molar-refractivity contribution in [2.24, 2.45) is 11.7 Å². The lowest BCUT2D eigenvalue weighted by Gasteiger charge is -2.16. The van der Waals surface area contributed by atoms with Crippen molar-refractivity contribution in [3.8, 4) is 0 Å². The lowest BCUT2D eigenvalue weighted by molar-refractivity contribution is 0.528. The van der Waals surface area contributed by atoms with Crippen molar-refractivity contribution in [1.29, 1.82) is 0 Å². The minimum Gasteiger partial charge on any atom is -0.389 e. The number of sulfonamides is 1. The van der Waals surface area contributed by atoms with Crippen LogP contribution in [0.25, 0.3) is 0 Å². The van der Waals surface area contributed by atoms with Gasteiger partial charge in [-0.05, 0) is 31.4 Å². The third kappa shape index (κ3) is 3.53. The highest BCUT2D eigenvalue weighted by atomic mass is 32.2. The maximum atomic E-state index is 13.7. The third-order valence-electron chi connectivity index (χ3n) is 3.25. The number of thiocarbonyl (C=S) groups is 1. The van der Waals surface area contributed by atoms with E-state index in [1.807, 2.05) is 0 Å². The van der Waals surface area contributed by atoms with Crippen molar-refractivity contribution >= 4 is 27.2 Å². The van der Waals surface area contributed by atoms with E-state index in [0.717, 1.165) is 25.3 Å². The van der Waals surface area contributed by atoms with Crippen LogP contribution in [0.4, 0.5) is 4.39 Å². The number of nitrogens with one attached hydrogen (secondary N) is 1. The molecule has 0 aromatic heterocycles. The van der Waals surface area contributed by atoms with E-state index in [4.69, 9.17) is 18.0 Å². The number of rotatable bonds is 6. The van der Waals surface area contributed by atoms with E-state index >= 15 is 0 Å². The summed E-state index contributed by atoms with van der Waals surface area (Å²) in [5.41, 5.74) is 5.20. The molecule has 0 spiro atoms. The van der Waals surface area contributed by atoms with Gasteiger partial charge in [-0.15, -0.1) is 0 Å². The zero-order valence-corrected chi connectivity index (χ0v) is 12.7. The Morgan fingerprint density at radius 1 is 1.55 bits per heavy atom. The monoisotopic (exact) mass is 316 g/mol. The molecule has 1 aliphatic carbocycles. The van der Waals surface area contributed by atoms with Crippen molar-refractivity contribution in [3.05, 3.63) is 29.6 Å². The normalized spacial score (nSPS) is 16.9. The first-order valence-electron chi connectivity index (χ1n) is 6.42. The third-order valence-corrected chi connectivity index (χ3v) is 5.09. The molecule has 2 rings (SSSR count). The van der Waals surface area contributed by atoms with Crippen molar-refractivity contribution in [1.82, 2.24) is 4.72 Å². The van der Waals surface area contributed by atoms with Gasteiger partial charge in [0.1, 0.15) is 10.8 Å². The predicted octanol–water partition coefficient (Wildman–Crippen LogP) is 1.93. The standard InChI is InChI=1S/C13H17FN2O2S2/c1-8(7-9-5-6-9)16-20(17,18)11-4-2-3-10(14)12(11)13(15)19/h2-4,8-9,16H,5-7H2,1H3,(H2,15,19). The summed E-state index contributed by atoms with van der Waals surface area (Å²) >= 11 is 4.75. The molecular formula is C13H17FN2O2S2. The van der Waals surface area contributed by atoms with Gasteiger partial charge in [0.2, 0.25) is 10.0 Å². The van der Waals surface area contributed by atoms with Crippen molar-refractivity contribution in [2.45, 2.75) is 37.1 Å². The summed E-state index contributed by atoms with van der Waals surface area (Å²) in [5.74, 6) is -0.134. The summed E-state index contributed by atoms with van der Waals surface area (Å²) < 4.78 is 40.9. The van der Waals surface area contributed by atoms with Gasteiger partial charge in [-0.3, -0.25) is 0 Å². The van der Waals surface area contributed by atoms with Crippen LogP contribution in [-0.4, -0.2) is 19.4 Å². The van der Waals surface area contributed by atoms with Crippen LogP contribution in [-0.2, 0) is 10.0 Å². The molecule has 1 fully saturated rings. The second kappa shape index (κ2) is 5.75. The fourth-order valence-electron chi connectivity index (χ4n) is 2.20. The Labute approximate surface area is 123 Å². The van der Waals surface area contributed by atoms with Crippen molar-refractivity contribution < 1.29 is 12.8 Å². The summed E-state index contributed by atoms with van der Waals surface area (Å²) in [6, 6.07) is 3.58. The minimum atomic E-state index is -3.83. The van der Waals surface area contributed by atoms with Crippen LogP contribution in [0.1, 0.15) is 31.7 Å². The Morgan fingerprint density at radius 2 is 2.20 bits per heavy atom. The van der Waals surface area contributed by atoms with E-state index in [2.05, 4.69) is 4.72 Å². The van der Waals surface area contributed by atoms with Gasteiger partial charge in [0, 0.05) is 6.04 Å². The molecule has 0 heterocycles. The smallest absolute Gasteiger partial charge is 0.241 e. The highest BCUT2D eigenvalue weighted by Crippen LogP contribution is 2.33. The highest BCUT2D eigenvalue weighted by molar-refractivity contribution is 7.89. The van der Waals surface area contributed by atoms with E-state index in [1.165, 1.54) is 12.1 Å². The average molecular weight is 316 g/mol. The van der Waals surface area contributed by atoms with Crippen molar-refractivity contribution in [2.75, 3.05) is 0 Å². The molecule has 4 nitrogen and oxygen atoms in total. The van der Waals surface area contributed by atoms with E-state index in [-0.39, 0.29) is 21.5 Å². The van der Waals surface area contributed by atoms with Crippen LogP contribution in [0.2, 0.25) is 0 Å². The van der Waals surface area contributed by atoms with Gasteiger partial charge in [0.25, 0.3) is 0 Å². The molecule has 1 aromatic rings. The highest BCUT2D eigenvalue weighted by Gasteiger charge is 2.28. The van der Waals surface area contributed by atoms with Gasteiger partial charge in [-0.2, -0.15) is 0 Å². The maximum Gasteiger partial charge on any atom is 0.241 e. The van der Waals surface area contributed by atoms with Gasteiger partial charge in [0.05, 0.1) is 10.5 Å². The molecule has 1 aromatic carbocycles. The number of benzene rings is 1. The summed E-state index contributed by atoms with van der Waals surface area (Å²) in [4.78, 5) is -0.467. The zero-order chi connectivity index (χ0) is 14.9. The van der Waals surface area contributed by atoms with E-state index in [1.54, 1.807) is 6.92 Å². The fraction of sp³-hybridized carbons (Fsp3) is 0.462. The Kier molecular flexibility index (Phi) is 4.41. The quantitative estimate of drug-likeness (QED) is 0.787. The van der Waals surface area contributed by atoms with E-state index < -0.39 is 15.8 Å². The molecule has 20 heavy (non-hydrogen) atoms. The molecule has 0 saturated heterocycles. The van der Waals surface area contributed by atoms with Crippen LogP contribution in [0.3, 0.4) is 0 Å².